The van der Waals surface area contributed by atoms with Crippen molar-refractivity contribution in [2.75, 3.05) is 26.2 Å². The van der Waals surface area contributed by atoms with Crippen LogP contribution in [0.1, 0.15) is 26.7 Å². The van der Waals surface area contributed by atoms with E-state index in [-0.39, 0.29) is 0 Å². The summed E-state index contributed by atoms with van der Waals surface area (Å²) in [4.78, 5) is 0. The van der Waals surface area contributed by atoms with Gasteiger partial charge in [-0.05, 0) is 77.3 Å². The molecule has 0 fully saturated rings. The largest absolute Gasteiger partial charge is 0.455 e. The van der Waals surface area contributed by atoms with Crippen molar-refractivity contribution in [2.45, 2.75) is 65.0 Å². The summed E-state index contributed by atoms with van der Waals surface area (Å²) in [6.07, 6.45) is 2.52. The highest BCUT2D eigenvalue weighted by Gasteiger charge is 2.31. The quantitative estimate of drug-likeness (QED) is 0.428. The Morgan fingerprint density at radius 3 is 1.42 bits per heavy atom. The molecule has 0 radical (unpaired) electrons. The molecule has 5 heteroatoms. The van der Waals surface area contributed by atoms with Gasteiger partial charge in [-0.2, -0.15) is 0 Å². The highest BCUT2D eigenvalue weighted by atomic mass is 28.4. The molecule has 0 saturated heterocycles. The molecular weight excluding hydrogens is 268 g/mol. The first-order chi connectivity index (χ1) is 8.83. The highest BCUT2D eigenvalue weighted by Crippen LogP contribution is 2.23. The van der Waals surface area contributed by atoms with Gasteiger partial charge in [-0.15, -0.1) is 0 Å². The van der Waals surface area contributed by atoms with Gasteiger partial charge in [-0.1, -0.05) is 13.8 Å². The van der Waals surface area contributed by atoms with Crippen LogP contribution in [0.3, 0.4) is 0 Å². The summed E-state index contributed by atoms with van der Waals surface area (Å²) in [7, 11) is -2.91. The van der Waals surface area contributed by atoms with Gasteiger partial charge in [-0.25, -0.2) is 0 Å². The summed E-state index contributed by atoms with van der Waals surface area (Å²) in [5, 5.41) is 6.80. The van der Waals surface area contributed by atoms with Crippen LogP contribution in [0.2, 0.25) is 38.3 Å². The Morgan fingerprint density at radius 2 is 1.11 bits per heavy atom. The molecule has 2 N–H and O–H groups in total. The molecule has 19 heavy (non-hydrogen) atoms. The van der Waals surface area contributed by atoms with Crippen LogP contribution in [0.4, 0.5) is 0 Å². The lowest BCUT2D eigenvalue weighted by molar-refractivity contribution is 0.525. The Labute approximate surface area is 123 Å². The van der Waals surface area contributed by atoms with E-state index >= 15 is 0 Å². The van der Waals surface area contributed by atoms with Gasteiger partial charge in [0.1, 0.15) is 0 Å². The van der Waals surface area contributed by atoms with Crippen molar-refractivity contribution in [2.24, 2.45) is 0 Å². The maximum atomic E-state index is 6.61. The van der Waals surface area contributed by atoms with Crippen LogP contribution in [-0.4, -0.2) is 42.8 Å². The topological polar surface area (TPSA) is 33.3 Å². The predicted octanol–water partition coefficient (Wildman–Crippen LogP) is 3.41. The molecule has 0 aromatic rings. The lowest BCUT2D eigenvalue weighted by Gasteiger charge is -2.34. The van der Waals surface area contributed by atoms with Crippen molar-refractivity contribution < 1.29 is 4.12 Å². The molecule has 0 unspecified atom stereocenters. The van der Waals surface area contributed by atoms with Crippen LogP contribution in [0.5, 0.6) is 0 Å². The zero-order chi connectivity index (χ0) is 14.8. The van der Waals surface area contributed by atoms with Crippen LogP contribution in [0, 0.1) is 0 Å². The van der Waals surface area contributed by atoms with E-state index in [0.29, 0.717) is 0 Å². The van der Waals surface area contributed by atoms with E-state index in [2.05, 4.69) is 50.7 Å². The second-order valence-electron chi connectivity index (χ2n) is 6.54. The van der Waals surface area contributed by atoms with Crippen molar-refractivity contribution in [1.29, 1.82) is 0 Å². The van der Waals surface area contributed by atoms with E-state index < -0.39 is 16.6 Å². The lowest BCUT2D eigenvalue weighted by atomic mass is 10.5. The second-order valence-corrected chi connectivity index (χ2v) is 15.4. The second kappa shape index (κ2) is 10.1. The van der Waals surface area contributed by atoms with Crippen molar-refractivity contribution >= 4 is 16.6 Å². The Kier molecular flexibility index (Phi) is 10.3. The van der Waals surface area contributed by atoms with E-state index in [4.69, 9.17) is 4.12 Å². The molecule has 3 nitrogen and oxygen atoms in total. The van der Waals surface area contributed by atoms with Crippen molar-refractivity contribution in [3.05, 3.63) is 0 Å². The summed E-state index contributed by atoms with van der Waals surface area (Å²) >= 11 is 0. The van der Waals surface area contributed by atoms with E-state index in [1.165, 1.54) is 24.9 Å². The Morgan fingerprint density at radius 1 is 0.737 bits per heavy atom. The molecular formula is C14H36N2OSi2. The minimum absolute atomic E-state index is 1.08. The number of nitrogens with one attached hydrogen (secondary N) is 2. The average Bonchev–Trinajstić information content (AvgIpc) is 2.29. The maximum Gasteiger partial charge on any atom is 0.173 e. The third-order valence-electron chi connectivity index (χ3n) is 3.32. The number of rotatable bonds is 12. The van der Waals surface area contributed by atoms with E-state index in [9.17, 15) is 0 Å². The monoisotopic (exact) mass is 304 g/mol. The number of hydrogen-bond acceptors (Lipinski definition) is 3. The smallest absolute Gasteiger partial charge is 0.173 e. The van der Waals surface area contributed by atoms with Crippen molar-refractivity contribution in [3.8, 4) is 0 Å². The van der Waals surface area contributed by atoms with Gasteiger partial charge in [-0.3, -0.25) is 0 Å². The first-order valence-electron chi connectivity index (χ1n) is 7.94. The standard InChI is InChI=1S/C14H36N2OSi2/c1-7-15-11-9-13-18(3,4)17-19(5,6)14-10-12-16-8-2/h15-16H,7-14H2,1-6H3. The molecule has 0 aliphatic rings. The van der Waals surface area contributed by atoms with Crippen LogP contribution >= 0.6 is 0 Å². The Bertz CT molecular complexity index is 201. The molecule has 0 aliphatic heterocycles. The van der Waals surface area contributed by atoms with Crippen LogP contribution < -0.4 is 10.6 Å². The fourth-order valence-electron chi connectivity index (χ4n) is 2.48. The molecule has 0 bridgehead atoms. The zero-order valence-corrected chi connectivity index (χ0v) is 16.1. The minimum atomic E-state index is -1.46. The third-order valence-corrected chi connectivity index (χ3v) is 10.9. The van der Waals surface area contributed by atoms with Gasteiger partial charge >= 0.3 is 0 Å². The summed E-state index contributed by atoms with van der Waals surface area (Å²) in [5.41, 5.74) is 0. The van der Waals surface area contributed by atoms with Gasteiger partial charge in [0, 0.05) is 0 Å². The minimum Gasteiger partial charge on any atom is -0.455 e. The number of hydrogen-bond donors (Lipinski definition) is 2. The van der Waals surface area contributed by atoms with Gasteiger partial charge in [0.15, 0.2) is 16.6 Å². The molecule has 0 saturated carbocycles. The summed E-state index contributed by atoms with van der Waals surface area (Å²) in [5.74, 6) is 0. The average molecular weight is 305 g/mol. The molecule has 116 valence electrons. The van der Waals surface area contributed by atoms with Gasteiger partial charge in [0.05, 0.1) is 0 Å². The first kappa shape index (κ1) is 19.3. The Hall–Kier alpha value is 0.314. The van der Waals surface area contributed by atoms with Crippen molar-refractivity contribution in [3.63, 3.8) is 0 Å². The van der Waals surface area contributed by atoms with E-state index in [1.54, 1.807) is 0 Å². The highest BCUT2D eigenvalue weighted by molar-refractivity contribution is 6.84. The fraction of sp³-hybridized carbons (Fsp3) is 1.00. The molecule has 0 aromatic carbocycles. The van der Waals surface area contributed by atoms with Gasteiger partial charge < -0.3 is 14.7 Å². The summed E-state index contributed by atoms with van der Waals surface area (Å²) < 4.78 is 6.61. The van der Waals surface area contributed by atoms with Crippen molar-refractivity contribution in [1.82, 2.24) is 10.6 Å². The van der Waals surface area contributed by atoms with Crippen LogP contribution in [0.25, 0.3) is 0 Å². The van der Waals surface area contributed by atoms with Crippen LogP contribution in [0.15, 0.2) is 0 Å². The van der Waals surface area contributed by atoms with E-state index in [0.717, 1.165) is 26.2 Å². The Balaban J connectivity index is 3.93. The third kappa shape index (κ3) is 11.8. The van der Waals surface area contributed by atoms with Gasteiger partial charge in [0.2, 0.25) is 0 Å². The molecule has 0 amide bonds. The molecule has 0 aliphatic carbocycles. The zero-order valence-electron chi connectivity index (χ0n) is 14.1. The maximum absolute atomic E-state index is 6.61. The normalized spacial score (nSPS) is 12.9. The van der Waals surface area contributed by atoms with Gasteiger partial charge in [0.25, 0.3) is 0 Å². The molecule has 0 aromatic heterocycles. The molecule has 0 atom stereocenters. The SMILES string of the molecule is CCNCCC[Si](C)(C)O[Si](C)(C)CCCNCC. The molecule has 0 heterocycles. The summed E-state index contributed by atoms with van der Waals surface area (Å²) in [6, 6.07) is 2.56. The molecule has 0 rings (SSSR count). The first-order valence-corrected chi connectivity index (χ1v) is 14.2. The van der Waals surface area contributed by atoms with E-state index in [1.807, 2.05) is 0 Å². The van der Waals surface area contributed by atoms with Crippen LogP contribution in [-0.2, 0) is 4.12 Å². The lowest BCUT2D eigenvalue weighted by Crippen LogP contribution is -2.44. The fourth-order valence-corrected chi connectivity index (χ4v) is 11.3. The predicted molar refractivity (Wildman–Crippen MR) is 92.0 cm³/mol. The summed E-state index contributed by atoms with van der Waals surface area (Å²) in [6.45, 7) is 18.3. The molecule has 0 spiro atoms.